The van der Waals surface area contributed by atoms with Crippen molar-refractivity contribution in [3.63, 3.8) is 0 Å². The number of hydrogen-bond donors (Lipinski definition) is 0. The van der Waals surface area contributed by atoms with Crippen molar-refractivity contribution in [3.8, 4) is 0 Å². The average molecular weight is 292 g/mol. The van der Waals surface area contributed by atoms with E-state index in [0.29, 0.717) is 12.5 Å². The molecular weight excluding hydrogens is 266 g/mol. The molecule has 2 nitrogen and oxygen atoms in total. The SMILES string of the molecule is CCCCO[P+](=O)CC(CC)CCCC.[Ni]. The molecule has 0 radical (unpaired) electrons. The van der Waals surface area contributed by atoms with Gasteiger partial charge in [0, 0.05) is 22.4 Å². The summed E-state index contributed by atoms with van der Waals surface area (Å²) in [6.07, 6.45) is 7.68. The average Bonchev–Trinajstić information content (AvgIpc) is 2.24. The molecule has 4 heteroatoms. The molecule has 0 N–H and O–H groups in total. The summed E-state index contributed by atoms with van der Waals surface area (Å²) < 4.78 is 16.9. The van der Waals surface area contributed by atoms with Crippen LogP contribution in [0.15, 0.2) is 0 Å². The van der Waals surface area contributed by atoms with Gasteiger partial charge in [0.1, 0.15) is 6.61 Å². The van der Waals surface area contributed by atoms with E-state index in [0.717, 1.165) is 25.4 Å². The minimum atomic E-state index is -1.40. The Labute approximate surface area is 112 Å². The third-order valence-corrected chi connectivity index (χ3v) is 3.97. The van der Waals surface area contributed by atoms with Crippen molar-refractivity contribution in [1.82, 2.24) is 0 Å². The second-order valence-corrected chi connectivity index (χ2v) is 5.41. The van der Waals surface area contributed by atoms with Gasteiger partial charge in [-0.05, 0) is 23.8 Å². The zero-order valence-electron chi connectivity index (χ0n) is 10.8. The summed E-state index contributed by atoms with van der Waals surface area (Å²) in [6, 6.07) is 0. The molecule has 16 heavy (non-hydrogen) atoms. The topological polar surface area (TPSA) is 26.3 Å². The monoisotopic (exact) mass is 291 g/mol. The minimum absolute atomic E-state index is 0. The van der Waals surface area contributed by atoms with E-state index in [1.54, 1.807) is 0 Å². The molecule has 0 aliphatic heterocycles. The fourth-order valence-corrected chi connectivity index (χ4v) is 2.79. The van der Waals surface area contributed by atoms with Crippen LogP contribution in [0.5, 0.6) is 0 Å². The third kappa shape index (κ3) is 11.1. The van der Waals surface area contributed by atoms with Crippen LogP contribution in [0.25, 0.3) is 0 Å². The van der Waals surface area contributed by atoms with Crippen molar-refractivity contribution >= 4 is 8.03 Å². The number of rotatable bonds is 10. The van der Waals surface area contributed by atoms with Gasteiger partial charge in [-0.3, -0.25) is 0 Å². The molecule has 2 atom stereocenters. The van der Waals surface area contributed by atoms with Gasteiger partial charge in [-0.2, -0.15) is 0 Å². The van der Waals surface area contributed by atoms with E-state index in [1.807, 2.05) is 0 Å². The van der Waals surface area contributed by atoms with Gasteiger partial charge < -0.3 is 0 Å². The van der Waals surface area contributed by atoms with Gasteiger partial charge in [0.05, 0.1) is 0 Å². The zero-order chi connectivity index (χ0) is 11.5. The van der Waals surface area contributed by atoms with E-state index in [1.165, 1.54) is 19.3 Å². The second kappa shape index (κ2) is 13.6. The van der Waals surface area contributed by atoms with Crippen LogP contribution in [0.4, 0.5) is 0 Å². The van der Waals surface area contributed by atoms with Gasteiger partial charge in [-0.1, -0.05) is 40.0 Å². The summed E-state index contributed by atoms with van der Waals surface area (Å²) in [6.45, 7) is 7.16. The Morgan fingerprint density at radius 1 is 1.12 bits per heavy atom. The smallest absolute Gasteiger partial charge is 0.146 e. The maximum absolute atomic E-state index is 11.6. The molecule has 100 valence electrons. The van der Waals surface area contributed by atoms with Crippen LogP contribution < -0.4 is 0 Å². The second-order valence-electron chi connectivity index (χ2n) is 4.12. The molecule has 0 heterocycles. The van der Waals surface area contributed by atoms with Gasteiger partial charge in [0.15, 0.2) is 6.16 Å². The largest absolute Gasteiger partial charge is 0.508 e. The molecule has 0 aliphatic rings. The number of unbranched alkanes of at least 4 members (excludes halogenated alkanes) is 2. The van der Waals surface area contributed by atoms with Crippen LogP contribution in [-0.4, -0.2) is 12.8 Å². The van der Waals surface area contributed by atoms with E-state index in [2.05, 4.69) is 20.8 Å². The Bertz CT molecular complexity index is 165. The van der Waals surface area contributed by atoms with Crippen LogP contribution in [0.2, 0.25) is 0 Å². The van der Waals surface area contributed by atoms with E-state index in [9.17, 15) is 4.57 Å². The predicted octanol–water partition coefficient (Wildman–Crippen LogP) is 4.76. The zero-order valence-corrected chi connectivity index (χ0v) is 12.7. The first-order chi connectivity index (χ1) is 7.24. The third-order valence-electron chi connectivity index (χ3n) is 2.68. The van der Waals surface area contributed by atoms with E-state index in [-0.39, 0.29) is 16.5 Å². The van der Waals surface area contributed by atoms with Crippen LogP contribution in [-0.2, 0) is 25.6 Å². The Morgan fingerprint density at radius 2 is 1.75 bits per heavy atom. The molecule has 0 fully saturated rings. The van der Waals surface area contributed by atoms with Crippen LogP contribution in [0, 0.1) is 5.92 Å². The van der Waals surface area contributed by atoms with Crippen LogP contribution in [0.3, 0.4) is 0 Å². The van der Waals surface area contributed by atoms with Crippen molar-refractivity contribution in [2.24, 2.45) is 5.92 Å². The van der Waals surface area contributed by atoms with Crippen molar-refractivity contribution in [1.29, 1.82) is 0 Å². The van der Waals surface area contributed by atoms with Gasteiger partial charge in [-0.15, -0.1) is 4.52 Å². The minimum Gasteiger partial charge on any atom is -0.146 e. The Hall–Kier alpha value is 0.554. The molecule has 2 unspecified atom stereocenters. The quantitative estimate of drug-likeness (QED) is 0.329. The Kier molecular flexibility index (Phi) is 16.1. The predicted molar refractivity (Wildman–Crippen MR) is 66.6 cm³/mol. The standard InChI is InChI=1S/C12H26O2P.Ni/c1-4-7-9-12(6-3)11-15(13)14-10-8-5-2;/h12H,4-11H2,1-3H3;/q+1;. The molecule has 0 aromatic carbocycles. The Morgan fingerprint density at radius 3 is 2.25 bits per heavy atom. The summed E-state index contributed by atoms with van der Waals surface area (Å²) >= 11 is 0. The molecule has 0 saturated heterocycles. The fourth-order valence-electron chi connectivity index (χ4n) is 1.49. The van der Waals surface area contributed by atoms with Crippen molar-refractivity contribution in [2.45, 2.75) is 59.3 Å². The summed E-state index contributed by atoms with van der Waals surface area (Å²) in [7, 11) is -1.40. The molecule has 0 aromatic rings. The maximum Gasteiger partial charge on any atom is 0.508 e. The summed E-state index contributed by atoms with van der Waals surface area (Å²) in [5.41, 5.74) is 0. The first-order valence-electron chi connectivity index (χ1n) is 6.32. The van der Waals surface area contributed by atoms with E-state index in [4.69, 9.17) is 4.52 Å². The van der Waals surface area contributed by atoms with Crippen LogP contribution >= 0.6 is 8.03 Å². The molecule has 0 saturated carbocycles. The van der Waals surface area contributed by atoms with Gasteiger partial charge in [-0.25, -0.2) is 0 Å². The van der Waals surface area contributed by atoms with Gasteiger partial charge in [0.25, 0.3) is 0 Å². The molecule has 0 bridgehead atoms. The van der Waals surface area contributed by atoms with Crippen molar-refractivity contribution in [3.05, 3.63) is 0 Å². The van der Waals surface area contributed by atoms with Crippen LogP contribution in [0.1, 0.15) is 59.3 Å². The van der Waals surface area contributed by atoms with Crippen molar-refractivity contribution in [2.75, 3.05) is 12.8 Å². The molecular formula is C12H26NiO2P+. The number of hydrogen-bond acceptors (Lipinski definition) is 2. The molecule has 0 spiro atoms. The molecule has 0 aliphatic carbocycles. The molecule has 0 rings (SSSR count). The molecule has 0 aromatic heterocycles. The summed E-state index contributed by atoms with van der Waals surface area (Å²) in [4.78, 5) is 0. The van der Waals surface area contributed by atoms with Gasteiger partial charge >= 0.3 is 8.03 Å². The first-order valence-corrected chi connectivity index (χ1v) is 7.68. The van der Waals surface area contributed by atoms with Gasteiger partial charge in [0.2, 0.25) is 0 Å². The summed E-state index contributed by atoms with van der Waals surface area (Å²) in [5.74, 6) is 0.593. The van der Waals surface area contributed by atoms with E-state index < -0.39 is 8.03 Å². The fraction of sp³-hybridized carbons (Fsp3) is 1.00. The normalized spacial score (nSPS) is 13.1. The van der Waals surface area contributed by atoms with E-state index >= 15 is 0 Å². The Balaban J connectivity index is 0. The first kappa shape index (κ1) is 18.9. The molecule has 0 amide bonds. The summed E-state index contributed by atoms with van der Waals surface area (Å²) in [5, 5.41) is 0. The maximum atomic E-state index is 11.6. The van der Waals surface area contributed by atoms with Crippen molar-refractivity contribution < 1.29 is 25.6 Å².